The molecule has 2 aromatic carbocycles. The zero-order chi connectivity index (χ0) is 20.6. The quantitative estimate of drug-likeness (QED) is 0.699. The number of ether oxygens (including phenoxy) is 1. The van der Waals surface area contributed by atoms with Gasteiger partial charge in [0.25, 0.3) is 5.91 Å². The molecular formula is C25H32N2O2. The van der Waals surface area contributed by atoms with Crippen LogP contribution in [0, 0.1) is 0 Å². The van der Waals surface area contributed by atoms with Crippen molar-refractivity contribution >= 4 is 12.0 Å². The Balaban J connectivity index is 1.47. The van der Waals surface area contributed by atoms with Crippen molar-refractivity contribution in [3.63, 3.8) is 0 Å². The second kappa shape index (κ2) is 10.3. The summed E-state index contributed by atoms with van der Waals surface area (Å²) >= 11 is 0. The molecule has 1 fully saturated rings. The van der Waals surface area contributed by atoms with Gasteiger partial charge in [0, 0.05) is 32.7 Å². The van der Waals surface area contributed by atoms with Crippen LogP contribution < -0.4 is 4.74 Å². The molecule has 4 nitrogen and oxygen atoms in total. The van der Waals surface area contributed by atoms with E-state index in [1.54, 1.807) is 0 Å². The van der Waals surface area contributed by atoms with Gasteiger partial charge >= 0.3 is 0 Å². The van der Waals surface area contributed by atoms with Crippen molar-refractivity contribution in [2.24, 2.45) is 0 Å². The summed E-state index contributed by atoms with van der Waals surface area (Å²) < 4.78 is 6.05. The number of hydrogen-bond donors (Lipinski definition) is 0. The first-order valence-corrected chi connectivity index (χ1v) is 10.5. The highest BCUT2D eigenvalue weighted by Crippen LogP contribution is 2.27. The molecule has 2 aromatic rings. The van der Waals surface area contributed by atoms with E-state index in [-0.39, 0.29) is 5.91 Å². The van der Waals surface area contributed by atoms with E-state index in [4.69, 9.17) is 4.74 Å². The zero-order valence-corrected chi connectivity index (χ0v) is 17.8. The van der Waals surface area contributed by atoms with Crippen LogP contribution >= 0.6 is 0 Å². The first-order valence-electron chi connectivity index (χ1n) is 10.5. The first-order chi connectivity index (χ1) is 14.0. The Morgan fingerprint density at radius 2 is 1.62 bits per heavy atom. The third kappa shape index (κ3) is 5.94. The van der Waals surface area contributed by atoms with E-state index >= 15 is 0 Å². The van der Waals surface area contributed by atoms with Crippen molar-refractivity contribution < 1.29 is 9.53 Å². The van der Waals surface area contributed by atoms with E-state index in [0.29, 0.717) is 5.92 Å². The van der Waals surface area contributed by atoms with E-state index in [2.05, 4.69) is 49.1 Å². The van der Waals surface area contributed by atoms with Gasteiger partial charge in [-0.25, -0.2) is 0 Å². The number of carbonyl (C=O) groups excluding carboxylic acids is 1. The number of hydrogen-bond acceptors (Lipinski definition) is 3. The van der Waals surface area contributed by atoms with Crippen LogP contribution in [0.1, 0.15) is 37.8 Å². The number of rotatable bonds is 7. The Morgan fingerprint density at radius 3 is 2.31 bits per heavy atom. The highest BCUT2D eigenvalue weighted by atomic mass is 16.5. The van der Waals surface area contributed by atoms with E-state index < -0.39 is 6.10 Å². The summed E-state index contributed by atoms with van der Waals surface area (Å²) in [6.45, 7) is 10.3. The predicted octanol–water partition coefficient (Wildman–Crippen LogP) is 4.43. The predicted molar refractivity (Wildman–Crippen MR) is 119 cm³/mol. The molecule has 0 N–H and O–H groups in total. The van der Waals surface area contributed by atoms with Gasteiger partial charge in [0.15, 0.2) is 6.10 Å². The van der Waals surface area contributed by atoms with Gasteiger partial charge in [-0.1, -0.05) is 74.5 Å². The molecule has 4 heteroatoms. The van der Waals surface area contributed by atoms with Crippen molar-refractivity contribution in [1.29, 1.82) is 0 Å². The zero-order valence-electron chi connectivity index (χ0n) is 17.8. The highest BCUT2D eigenvalue weighted by Gasteiger charge is 2.26. The molecule has 1 aliphatic heterocycles. The lowest BCUT2D eigenvalue weighted by molar-refractivity contribution is -0.139. The Morgan fingerprint density at radius 1 is 0.966 bits per heavy atom. The van der Waals surface area contributed by atoms with Crippen molar-refractivity contribution in [3.05, 3.63) is 71.8 Å². The minimum atomic E-state index is -0.473. The maximum atomic E-state index is 12.9. The number of nitrogens with zero attached hydrogens (tertiary/aromatic N) is 2. The normalized spacial score (nSPS) is 16.3. The molecule has 1 atom stereocenters. The molecule has 0 bridgehead atoms. The van der Waals surface area contributed by atoms with E-state index in [9.17, 15) is 4.79 Å². The van der Waals surface area contributed by atoms with Crippen LogP contribution in [-0.2, 0) is 4.79 Å². The van der Waals surface area contributed by atoms with Crippen LogP contribution in [0.5, 0.6) is 5.75 Å². The average molecular weight is 393 g/mol. The van der Waals surface area contributed by atoms with Crippen molar-refractivity contribution in [3.8, 4) is 5.75 Å². The van der Waals surface area contributed by atoms with Crippen LogP contribution in [0.15, 0.2) is 60.7 Å². The Kier molecular flexibility index (Phi) is 7.48. The largest absolute Gasteiger partial charge is 0.481 e. The molecule has 154 valence electrons. The second-order valence-electron chi connectivity index (χ2n) is 7.89. The number of carbonyl (C=O) groups is 1. The fraction of sp³-hybridized carbons (Fsp3) is 0.400. The Bertz CT molecular complexity index is 809. The molecule has 1 saturated heterocycles. The fourth-order valence-electron chi connectivity index (χ4n) is 3.62. The number of amides is 1. The van der Waals surface area contributed by atoms with Crippen LogP contribution in [0.3, 0.4) is 0 Å². The number of benzene rings is 2. The van der Waals surface area contributed by atoms with Gasteiger partial charge in [0.1, 0.15) is 5.75 Å². The number of piperazine rings is 1. The minimum Gasteiger partial charge on any atom is -0.481 e. The van der Waals surface area contributed by atoms with Crippen LogP contribution in [-0.4, -0.2) is 54.5 Å². The lowest BCUT2D eigenvalue weighted by Crippen LogP contribution is -2.51. The topological polar surface area (TPSA) is 32.8 Å². The molecule has 0 saturated carbocycles. The van der Waals surface area contributed by atoms with Gasteiger partial charge in [0.2, 0.25) is 0 Å². The van der Waals surface area contributed by atoms with Crippen LogP contribution in [0.4, 0.5) is 0 Å². The molecule has 3 rings (SSSR count). The van der Waals surface area contributed by atoms with Crippen molar-refractivity contribution in [1.82, 2.24) is 9.80 Å². The molecule has 1 aliphatic rings. The summed E-state index contributed by atoms with van der Waals surface area (Å²) in [7, 11) is 0. The summed E-state index contributed by atoms with van der Waals surface area (Å²) in [4.78, 5) is 17.2. The molecular weight excluding hydrogens is 360 g/mol. The highest BCUT2D eigenvalue weighted by molar-refractivity contribution is 5.81. The molecule has 1 amide bonds. The summed E-state index contributed by atoms with van der Waals surface area (Å²) in [5.41, 5.74) is 2.36. The van der Waals surface area contributed by atoms with Gasteiger partial charge in [-0.3, -0.25) is 9.69 Å². The molecule has 29 heavy (non-hydrogen) atoms. The number of para-hydroxylation sites is 1. The molecule has 0 aliphatic carbocycles. The summed E-state index contributed by atoms with van der Waals surface area (Å²) in [5, 5.41) is 0. The summed E-state index contributed by atoms with van der Waals surface area (Å²) in [5.74, 6) is 1.25. The molecule has 1 heterocycles. The lowest BCUT2D eigenvalue weighted by Gasteiger charge is -2.35. The SMILES string of the molecule is CC(C)c1ccccc1O[C@H](C)C(=O)N1CCN(C/C=C/c2ccccc2)CC1. The Labute approximate surface area is 174 Å². The third-order valence-electron chi connectivity index (χ3n) is 5.35. The van der Waals surface area contributed by atoms with Gasteiger partial charge in [-0.15, -0.1) is 0 Å². The van der Waals surface area contributed by atoms with E-state index in [1.807, 2.05) is 48.2 Å². The van der Waals surface area contributed by atoms with E-state index in [0.717, 1.165) is 44.0 Å². The van der Waals surface area contributed by atoms with Gasteiger partial charge < -0.3 is 9.64 Å². The third-order valence-corrected chi connectivity index (χ3v) is 5.35. The molecule has 0 unspecified atom stereocenters. The van der Waals surface area contributed by atoms with Crippen molar-refractivity contribution in [2.45, 2.75) is 32.8 Å². The average Bonchev–Trinajstić information content (AvgIpc) is 2.74. The lowest BCUT2D eigenvalue weighted by atomic mass is 10.0. The van der Waals surface area contributed by atoms with Gasteiger partial charge in [-0.2, -0.15) is 0 Å². The molecule has 0 spiro atoms. The van der Waals surface area contributed by atoms with Gasteiger partial charge in [-0.05, 0) is 30.0 Å². The Hall–Kier alpha value is -2.59. The van der Waals surface area contributed by atoms with Crippen LogP contribution in [0.2, 0.25) is 0 Å². The minimum absolute atomic E-state index is 0.0723. The smallest absolute Gasteiger partial charge is 0.263 e. The summed E-state index contributed by atoms with van der Waals surface area (Å²) in [6, 6.07) is 18.3. The van der Waals surface area contributed by atoms with E-state index in [1.165, 1.54) is 5.56 Å². The summed E-state index contributed by atoms with van der Waals surface area (Å²) in [6.07, 6.45) is 3.88. The molecule has 0 radical (unpaired) electrons. The second-order valence-corrected chi connectivity index (χ2v) is 7.89. The monoisotopic (exact) mass is 392 g/mol. The fourth-order valence-corrected chi connectivity index (χ4v) is 3.62. The first kappa shape index (κ1) is 21.1. The van der Waals surface area contributed by atoms with Crippen LogP contribution in [0.25, 0.3) is 6.08 Å². The molecule has 0 aromatic heterocycles. The van der Waals surface area contributed by atoms with Crippen molar-refractivity contribution in [2.75, 3.05) is 32.7 Å². The standard InChI is InChI=1S/C25H32N2O2/c1-20(2)23-13-7-8-14-24(23)29-21(3)25(28)27-18-16-26(17-19-27)15-9-12-22-10-5-4-6-11-22/h4-14,20-21H,15-19H2,1-3H3/b12-9+/t21-/m1/s1. The maximum Gasteiger partial charge on any atom is 0.263 e. The van der Waals surface area contributed by atoms with Gasteiger partial charge in [0.05, 0.1) is 0 Å². The maximum absolute atomic E-state index is 12.9.